The quantitative estimate of drug-likeness (QED) is 0.370. The first-order valence-electron chi connectivity index (χ1n) is 11.4. The van der Waals surface area contributed by atoms with Gasteiger partial charge in [-0.1, -0.05) is 48.5 Å². The highest BCUT2D eigenvalue weighted by Gasteiger charge is 2.29. The fourth-order valence-corrected chi connectivity index (χ4v) is 4.23. The Morgan fingerprint density at radius 2 is 1.57 bits per heavy atom. The Morgan fingerprint density at radius 3 is 2.20 bits per heavy atom. The summed E-state index contributed by atoms with van der Waals surface area (Å²) < 4.78 is 19.9. The Balaban J connectivity index is 1.32. The number of aliphatic carboxylic acids is 1. The van der Waals surface area contributed by atoms with Crippen molar-refractivity contribution in [1.29, 1.82) is 0 Å². The molecule has 35 heavy (non-hydrogen) atoms. The molecule has 0 aliphatic heterocycles. The number of benzene rings is 3. The Labute approximate surface area is 201 Å². The molecule has 8 heteroatoms. The number of rotatable bonds is 9. The van der Waals surface area contributed by atoms with Crippen molar-refractivity contribution in [2.45, 2.75) is 25.2 Å². The van der Waals surface area contributed by atoms with Crippen LogP contribution in [0.3, 0.4) is 0 Å². The number of hydrogen-bond acceptors (Lipinski definition) is 4. The van der Waals surface area contributed by atoms with Crippen molar-refractivity contribution >= 4 is 23.7 Å². The number of carbonyl (C=O) groups excluding carboxylic acids is 2. The minimum atomic E-state index is -0.901. The van der Waals surface area contributed by atoms with Crippen LogP contribution in [0.2, 0.25) is 0 Å². The van der Waals surface area contributed by atoms with Crippen molar-refractivity contribution in [2.24, 2.45) is 0 Å². The number of hydrogen-bond donors (Lipinski definition) is 3. The number of anilines is 1. The second-order valence-corrected chi connectivity index (χ2v) is 8.25. The Morgan fingerprint density at radius 1 is 0.914 bits per heavy atom. The summed E-state index contributed by atoms with van der Waals surface area (Å²) in [6, 6.07) is 19.7. The first-order valence-corrected chi connectivity index (χ1v) is 11.4. The Kier molecular flexibility index (Phi) is 7.40. The van der Waals surface area contributed by atoms with Crippen molar-refractivity contribution < 1.29 is 28.6 Å². The zero-order chi connectivity index (χ0) is 24.8. The summed E-state index contributed by atoms with van der Waals surface area (Å²) in [7, 11) is 0. The van der Waals surface area contributed by atoms with E-state index in [1.165, 1.54) is 12.1 Å². The van der Waals surface area contributed by atoms with Gasteiger partial charge in [0.05, 0.1) is 5.56 Å². The number of amides is 2. The lowest BCUT2D eigenvalue weighted by Gasteiger charge is -2.15. The SMILES string of the molecule is O=C(O)CCCCNC(=O)c1ccc(NC(=O)OCC2c3ccccc3-c3ccccc32)cc1F. The highest BCUT2D eigenvalue weighted by molar-refractivity contribution is 5.95. The van der Waals surface area contributed by atoms with Crippen molar-refractivity contribution in [2.75, 3.05) is 18.5 Å². The highest BCUT2D eigenvalue weighted by Crippen LogP contribution is 2.44. The van der Waals surface area contributed by atoms with E-state index in [4.69, 9.17) is 9.84 Å². The molecule has 0 aromatic heterocycles. The van der Waals surface area contributed by atoms with E-state index in [0.29, 0.717) is 12.8 Å². The summed E-state index contributed by atoms with van der Waals surface area (Å²) in [5.74, 6) is -2.39. The average Bonchev–Trinajstić information content (AvgIpc) is 3.16. The molecular formula is C27H25FN2O5. The van der Waals surface area contributed by atoms with Crippen molar-refractivity contribution in [3.63, 3.8) is 0 Å². The van der Waals surface area contributed by atoms with Crippen molar-refractivity contribution in [3.8, 4) is 11.1 Å². The zero-order valence-corrected chi connectivity index (χ0v) is 18.9. The summed E-state index contributed by atoms with van der Waals surface area (Å²) in [4.78, 5) is 35.1. The number of halogens is 1. The van der Waals surface area contributed by atoms with Crippen LogP contribution in [0.4, 0.5) is 14.9 Å². The molecule has 180 valence electrons. The molecule has 1 aliphatic rings. The number of unbranched alkanes of at least 4 members (excludes halogenated alkanes) is 1. The third-order valence-corrected chi connectivity index (χ3v) is 5.91. The van der Waals surface area contributed by atoms with Crippen LogP contribution in [0.5, 0.6) is 0 Å². The zero-order valence-electron chi connectivity index (χ0n) is 18.9. The van der Waals surface area contributed by atoms with Gasteiger partial charge in [-0.25, -0.2) is 9.18 Å². The number of nitrogens with one attached hydrogen (secondary N) is 2. The van der Waals surface area contributed by atoms with E-state index < -0.39 is 23.8 Å². The van der Waals surface area contributed by atoms with Gasteiger partial charge < -0.3 is 15.2 Å². The molecule has 0 spiro atoms. The molecule has 3 aromatic carbocycles. The van der Waals surface area contributed by atoms with E-state index in [9.17, 15) is 18.8 Å². The van der Waals surface area contributed by atoms with Gasteiger partial charge in [-0.3, -0.25) is 14.9 Å². The van der Waals surface area contributed by atoms with Gasteiger partial charge in [-0.05, 0) is 53.3 Å². The molecule has 0 radical (unpaired) electrons. The van der Waals surface area contributed by atoms with Crippen LogP contribution in [-0.2, 0) is 9.53 Å². The fourth-order valence-electron chi connectivity index (χ4n) is 4.23. The first kappa shape index (κ1) is 23.9. The molecule has 0 unspecified atom stereocenters. The maximum atomic E-state index is 14.5. The molecule has 4 rings (SSSR count). The first-order chi connectivity index (χ1) is 16.9. The van der Waals surface area contributed by atoms with Gasteiger partial charge in [-0.15, -0.1) is 0 Å². The highest BCUT2D eigenvalue weighted by atomic mass is 19.1. The minimum absolute atomic E-state index is 0.0144. The largest absolute Gasteiger partial charge is 0.481 e. The number of carboxylic acid groups (broad SMARTS) is 1. The molecule has 0 atom stereocenters. The van der Waals surface area contributed by atoms with Crippen LogP contribution in [-0.4, -0.2) is 36.2 Å². The van der Waals surface area contributed by atoms with E-state index in [-0.39, 0.29) is 36.7 Å². The maximum absolute atomic E-state index is 14.5. The molecule has 7 nitrogen and oxygen atoms in total. The lowest BCUT2D eigenvalue weighted by atomic mass is 9.98. The second kappa shape index (κ2) is 10.8. The molecule has 0 bridgehead atoms. The normalized spacial score (nSPS) is 11.9. The molecule has 3 aromatic rings. The number of fused-ring (bicyclic) bond motifs is 3. The van der Waals surface area contributed by atoms with Crippen LogP contribution in [0.25, 0.3) is 11.1 Å². The maximum Gasteiger partial charge on any atom is 0.411 e. The molecule has 0 saturated heterocycles. The van der Waals surface area contributed by atoms with Crippen LogP contribution in [0.1, 0.15) is 46.7 Å². The van der Waals surface area contributed by atoms with E-state index in [0.717, 1.165) is 28.3 Å². The average molecular weight is 477 g/mol. The molecule has 0 heterocycles. The smallest absolute Gasteiger partial charge is 0.411 e. The summed E-state index contributed by atoms with van der Waals surface area (Å²) in [5, 5.41) is 13.7. The standard InChI is InChI=1S/C27H25FN2O5/c28-24-15-17(12-13-22(24)26(33)29-14-6-5-11-25(31)32)30-27(34)35-16-23-20-9-3-1-7-18(20)19-8-2-4-10-21(19)23/h1-4,7-10,12-13,15,23H,5-6,11,14,16H2,(H,29,33)(H,30,34)(H,31,32). The topological polar surface area (TPSA) is 105 Å². The lowest BCUT2D eigenvalue weighted by molar-refractivity contribution is -0.137. The number of carboxylic acids is 1. The van der Waals surface area contributed by atoms with Gasteiger partial charge in [0.25, 0.3) is 5.91 Å². The summed E-state index contributed by atoms with van der Waals surface area (Å²) in [5.41, 5.74) is 4.42. The lowest BCUT2D eigenvalue weighted by Crippen LogP contribution is -2.25. The van der Waals surface area contributed by atoms with Crippen molar-refractivity contribution in [3.05, 3.63) is 89.2 Å². The Hall–Kier alpha value is -4.20. The van der Waals surface area contributed by atoms with Crippen LogP contribution in [0.15, 0.2) is 66.7 Å². The fraction of sp³-hybridized carbons (Fsp3) is 0.222. The number of carbonyl (C=O) groups is 3. The predicted molar refractivity (Wildman–Crippen MR) is 129 cm³/mol. The summed E-state index contributed by atoms with van der Waals surface area (Å²) >= 11 is 0. The van der Waals surface area contributed by atoms with Gasteiger partial charge in [0.15, 0.2) is 0 Å². The predicted octanol–water partition coefficient (Wildman–Crippen LogP) is 5.17. The van der Waals surface area contributed by atoms with E-state index in [2.05, 4.69) is 10.6 Å². The van der Waals surface area contributed by atoms with Gasteiger partial charge >= 0.3 is 12.1 Å². The minimum Gasteiger partial charge on any atom is -0.481 e. The van der Waals surface area contributed by atoms with Crippen molar-refractivity contribution in [1.82, 2.24) is 5.32 Å². The molecule has 3 N–H and O–H groups in total. The molecule has 0 saturated carbocycles. The van der Waals surface area contributed by atoms with Gasteiger partial charge in [-0.2, -0.15) is 0 Å². The van der Waals surface area contributed by atoms with E-state index in [1.807, 2.05) is 48.5 Å². The van der Waals surface area contributed by atoms with Gasteiger partial charge in [0.2, 0.25) is 0 Å². The van der Waals surface area contributed by atoms with Gasteiger partial charge in [0, 0.05) is 24.6 Å². The van der Waals surface area contributed by atoms with E-state index >= 15 is 0 Å². The van der Waals surface area contributed by atoms with Crippen LogP contribution >= 0.6 is 0 Å². The molecular weight excluding hydrogens is 451 g/mol. The van der Waals surface area contributed by atoms with Crippen LogP contribution < -0.4 is 10.6 Å². The van der Waals surface area contributed by atoms with Crippen LogP contribution in [0, 0.1) is 5.82 Å². The monoisotopic (exact) mass is 476 g/mol. The summed E-state index contributed by atoms with van der Waals surface area (Å²) in [6.07, 6.45) is 0.185. The number of ether oxygens (including phenoxy) is 1. The molecule has 2 amide bonds. The molecule has 1 aliphatic carbocycles. The summed E-state index contributed by atoms with van der Waals surface area (Å²) in [6.45, 7) is 0.371. The Bertz CT molecular complexity index is 1210. The third-order valence-electron chi connectivity index (χ3n) is 5.91. The van der Waals surface area contributed by atoms with E-state index in [1.54, 1.807) is 0 Å². The second-order valence-electron chi connectivity index (χ2n) is 8.25. The molecule has 0 fully saturated rings. The van der Waals surface area contributed by atoms with Gasteiger partial charge in [0.1, 0.15) is 12.4 Å². The third kappa shape index (κ3) is 5.66.